The van der Waals surface area contributed by atoms with Crippen LogP contribution in [0.5, 0.6) is 0 Å². The Morgan fingerprint density at radius 2 is 1.94 bits per heavy atom. The maximum Gasteiger partial charge on any atom is 0.126 e. The van der Waals surface area contributed by atoms with Crippen molar-refractivity contribution in [2.45, 2.75) is 19.4 Å². The Kier molecular flexibility index (Phi) is 3.49. The molecule has 2 rings (SSSR count). The van der Waals surface area contributed by atoms with Gasteiger partial charge in [0.2, 0.25) is 0 Å². The van der Waals surface area contributed by atoms with E-state index < -0.39 is 17.7 Å². The third kappa shape index (κ3) is 2.87. The number of aliphatic hydroxyl groups is 1. The van der Waals surface area contributed by atoms with Crippen molar-refractivity contribution in [2.75, 3.05) is 0 Å². The number of nitrogens with zero attached hydrogens (tertiary/aromatic N) is 1. The fourth-order valence-electron chi connectivity index (χ4n) is 1.68. The number of aliphatic hydroxyl groups excluding tert-OH is 1. The van der Waals surface area contributed by atoms with Gasteiger partial charge in [-0.25, -0.2) is 13.8 Å². The fraction of sp³-hybridized carbons (Fsp3) is 0.250. The molecule has 1 atom stereocenters. The number of thiazole rings is 1. The van der Waals surface area contributed by atoms with Crippen molar-refractivity contribution in [2.24, 2.45) is 0 Å². The quantitative estimate of drug-likeness (QED) is 0.914. The van der Waals surface area contributed by atoms with Crippen LogP contribution in [0, 0.1) is 18.6 Å². The Bertz CT molecular complexity index is 507. The lowest BCUT2D eigenvalue weighted by atomic mass is 10.1. The lowest BCUT2D eigenvalue weighted by molar-refractivity contribution is 0.181. The first-order chi connectivity index (χ1) is 8.06. The van der Waals surface area contributed by atoms with E-state index in [0.717, 1.165) is 16.6 Å². The molecule has 1 aromatic carbocycles. The van der Waals surface area contributed by atoms with Gasteiger partial charge in [0, 0.05) is 12.5 Å². The summed E-state index contributed by atoms with van der Waals surface area (Å²) in [5.41, 5.74) is 2.82. The molecule has 0 fully saturated rings. The highest BCUT2D eigenvalue weighted by Gasteiger charge is 2.14. The number of halogens is 2. The van der Waals surface area contributed by atoms with E-state index in [0.29, 0.717) is 5.56 Å². The van der Waals surface area contributed by atoms with E-state index in [1.165, 1.54) is 23.5 Å². The van der Waals surface area contributed by atoms with Crippen LogP contribution in [0.15, 0.2) is 23.7 Å². The Morgan fingerprint density at radius 3 is 2.47 bits per heavy atom. The molecule has 1 aromatic heterocycles. The van der Waals surface area contributed by atoms with Crippen LogP contribution in [0.3, 0.4) is 0 Å². The molecule has 1 unspecified atom stereocenters. The van der Waals surface area contributed by atoms with E-state index in [4.69, 9.17) is 0 Å². The van der Waals surface area contributed by atoms with E-state index in [1.807, 2.05) is 0 Å². The van der Waals surface area contributed by atoms with Gasteiger partial charge in [0.25, 0.3) is 0 Å². The van der Waals surface area contributed by atoms with E-state index in [-0.39, 0.29) is 6.42 Å². The Morgan fingerprint density at radius 1 is 1.29 bits per heavy atom. The van der Waals surface area contributed by atoms with Gasteiger partial charge in [-0.2, -0.15) is 0 Å². The molecule has 0 saturated heterocycles. The summed E-state index contributed by atoms with van der Waals surface area (Å²) in [5.74, 6) is -1.26. The predicted octanol–water partition coefficient (Wildman–Crippen LogP) is 3.01. The highest BCUT2D eigenvalue weighted by Crippen LogP contribution is 2.25. The zero-order valence-electron chi connectivity index (χ0n) is 9.15. The van der Waals surface area contributed by atoms with Crippen molar-refractivity contribution in [3.05, 3.63) is 51.5 Å². The smallest absolute Gasteiger partial charge is 0.126 e. The van der Waals surface area contributed by atoms with Crippen LogP contribution in [0.25, 0.3) is 0 Å². The summed E-state index contributed by atoms with van der Waals surface area (Å²) < 4.78 is 25.9. The number of hydrogen-bond donors (Lipinski definition) is 1. The molecule has 2 nitrogen and oxygen atoms in total. The summed E-state index contributed by atoms with van der Waals surface area (Å²) in [6.45, 7) is 1.79. The summed E-state index contributed by atoms with van der Waals surface area (Å²) >= 11 is 1.34. The van der Waals surface area contributed by atoms with Crippen LogP contribution in [0.2, 0.25) is 0 Å². The predicted molar refractivity (Wildman–Crippen MR) is 61.9 cm³/mol. The summed E-state index contributed by atoms with van der Waals surface area (Å²) in [4.78, 5) is 4.76. The molecule has 0 aliphatic heterocycles. The molecule has 90 valence electrons. The summed E-state index contributed by atoms with van der Waals surface area (Å²) in [6.07, 6.45) is -0.596. The van der Waals surface area contributed by atoms with Crippen molar-refractivity contribution in [3.8, 4) is 0 Å². The Labute approximate surface area is 102 Å². The van der Waals surface area contributed by atoms with Crippen molar-refractivity contribution in [3.63, 3.8) is 0 Å². The second-order valence-electron chi connectivity index (χ2n) is 3.80. The number of rotatable bonds is 3. The van der Waals surface area contributed by atoms with E-state index in [2.05, 4.69) is 4.98 Å². The van der Waals surface area contributed by atoms with Gasteiger partial charge < -0.3 is 5.11 Å². The van der Waals surface area contributed by atoms with E-state index in [9.17, 15) is 13.9 Å². The van der Waals surface area contributed by atoms with Gasteiger partial charge in [0.05, 0.1) is 22.2 Å². The molecular weight excluding hydrogens is 244 g/mol. The third-order valence-electron chi connectivity index (χ3n) is 2.44. The van der Waals surface area contributed by atoms with Crippen molar-refractivity contribution in [1.82, 2.24) is 4.98 Å². The highest BCUT2D eigenvalue weighted by atomic mass is 32.1. The monoisotopic (exact) mass is 255 g/mol. The third-order valence-corrected chi connectivity index (χ3v) is 3.47. The summed E-state index contributed by atoms with van der Waals surface area (Å²) in [6, 6.07) is 3.26. The van der Waals surface area contributed by atoms with Gasteiger partial charge in [-0.3, -0.25) is 0 Å². The zero-order chi connectivity index (χ0) is 12.4. The van der Waals surface area contributed by atoms with E-state index >= 15 is 0 Å². The van der Waals surface area contributed by atoms with Gasteiger partial charge >= 0.3 is 0 Å². The molecule has 1 heterocycles. The molecule has 0 spiro atoms. The minimum Gasteiger partial charge on any atom is -0.387 e. The second-order valence-corrected chi connectivity index (χ2v) is 4.69. The Balaban J connectivity index is 2.18. The maximum absolute atomic E-state index is 13.0. The minimum atomic E-state index is -0.774. The number of hydrogen-bond acceptors (Lipinski definition) is 3. The largest absolute Gasteiger partial charge is 0.387 e. The molecule has 17 heavy (non-hydrogen) atoms. The van der Waals surface area contributed by atoms with Gasteiger partial charge in [-0.1, -0.05) is 0 Å². The van der Waals surface area contributed by atoms with Gasteiger partial charge in [0.15, 0.2) is 0 Å². The van der Waals surface area contributed by atoms with Crippen LogP contribution >= 0.6 is 11.3 Å². The van der Waals surface area contributed by atoms with Crippen LogP contribution < -0.4 is 0 Å². The molecule has 2 aromatic rings. The fourth-order valence-corrected chi connectivity index (χ4v) is 2.46. The number of aryl methyl sites for hydroxylation is 1. The van der Waals surface area contributed by atoms with Gasteiger partial charge in [0.1, 0.15) is 11.6 Å². The molecule has 0 saturated carbocycles. The molecule has 0 amide bonds. The number of aromatic nitrogens is 1. The SMILES string of the molecule is Cc1ncsc1C(O)Cc1cc(F)cc(F)c1. The lowest BCUT2D eigenvalue weighted by Crippen LogP contribution is -2.02. The normalized spacial score (nSPS) is 12.7. The van der Waals surface area contributed by atoms with Crippen molar-refractivity contribution >= 4 is 11.3 Å². The standard InChI is InChI=1S/C12H11F2NOS/c1-7-12(17-6-15-7)11(16)4-8-2-9(13)5-10(14)3-8/h2-3,5-6,11,16H,4H2,1H3. The van der Waals surface area contributed by atoms with Gasteiger partial charge in [-0.15, -0.1) is 11.3 Å². The lowest BCUT2D eigenvalue weighted by Gasteiger charge is -2.09. The molecule has 5 heteroatoms. The zero-order valence-corrected chi connectivity index (χ0v) is 9.97. The van der Waals surface area contributed by atoms with Crippen LogP contribution in [0.4, 0.5) is 8.78 Å². The maximum atomic E-state index is 13.0. The van der Waals surface area contributed by atoms with Crippen LogP contribution in [-0.4, -0.2) is 10.1 Å². The molecule has 0 aliphatic carbocycles. The second kappa shape index (κ2) is 4.89. The molecule has 0 bridgehead atoms. The molecule has 0 aliphatic rings. The average Bonchev–Trinajstić information content (AvgIpc) is 2.62. The van der Waals surface area contributed by atoms with Crippen LogP contribution in [-0.2, 0) is 6.42 Å². The first-order valence-electron chi connectivity index (χ1n) is 5.09. The summed E-state index contributed by atoms with van der Waals surface area (Å²) in [7, 11) is 0. The average molecular weight is 255 g/mol. The first-order valence-corrected chi connectivity index (χ1v) is 5.97. The van der Waals surface area contributed by atoms with Crippen molar-refractivity contribution in [1.29, 1.82) is 0 Å². The molecular formula is C12H11F2NOS. The van der Waals surface area contributed by atoms with Crippen LogP contribution in [0.1, 0.15) is 22.2 Å². The molecule has 0 radical (unpaired) electrons. The topological polar surface area (TPSA) is 33.1 Å². The minimum absolute atomic E-state index is 0.178. The highest BCUT2D eigenvalue weighted by molar-refractivity contribution is 7.09. The van der Waals surface area contributed by atoms with Gasteiger partial charge in [-0.05, 0) is 24.6 Å². The summed E-state index contributed by atoms with van der Waals surface area (Å²) in [5, 5.41) is 9.95. The molecule has 1 N–H and O–H groups in total. The van der Waals surface area contributed by atoms with Crippen molar-refractivity contribution < 1.29 is 13.9 Å². The first kappa shape index (κ1) is 12.1. The number of benzene rings is 1. The van der Waals surface area contributed by atoms with E-state index in [1.54, 1.807) is 12.4 Å². The Hall–Kier alpha value is -1.33.